The molecule has 0 aliphatic carbocycles. The average molecular weight is 329 g/mol. The number of hydrogen-bond acceptors (Lipinski definition) is 7. The van der Waals surface area contributed by atoms with Crippen LogP contribution in [0.5, 0.6) is 0 Å². The lowest BCUT2D eigenvalue weighted by atomic mass is 10.0. The van der Waals surface area contributed by atoms with Crippen molar-refractivity contribution in [3.8, 4) is 10.8 Å². The number of thiophene rings is 1. The van der Waals surface area contributed by atoms with Gasteiger partial charge in [-0.2, -0.15) is 4.98 Å². The molecule has 0 unspecified atom stereocenters. The summed E-state index contributed by atoms with van der Waals surface area (Å²) in [4.78, 5) is 5.20. The smallest absolute Gasteiger partial charge is 0.268 e. The van der Waals surface area contributed by atoms with E-state index < -0.39 is 10.0 Å². The molecule has 0 amide bonds. The van der Waals surface area contributed by atoms with Gasteiger partial charge in [-0.3, -0.25) is 0 Å². The van der Waals surface area contributed by atoms with Crippen LogP contribution in [-0.2, 0) is 14.8 Å². The van der Waals surface area contributed by atoms with E-state index in [4.69, 9.17) is 9.26 Å². The first-order valence-electron chi connectivity index (χ1n) is 6.54. The Morgan fingerprint density at radius 3 is 3.05 bits per heavy atom. The maximum Gasteiger partial charge on any atom is 0.268 e. The predicted octanol–water partition coefficient (Wildman–Crippen LogP) is 1.60. The van der Waals surface area contributed by atoms with Crippen LogP contribution in [0.3, 0.4) is 0 Å². The van der Waals surface area contributed by atoms with E-state index in [2.05, 4.69) is 14.9 Å². The normalized spacial score (nSPS) is 19.8. The minimum absolute atomic E-state index is 0.150. The zero-order chi connectivity index (χ0) is 14.9. The molecule has 1 N–H and O–H groups in total. The van der Waals surface area contributed by atoms with Gasteiger partial charge >= 0.3 is 0 Å². The summed E-state index contributed by atoms with van der Waals surface area (Å²) in [6.45, 7) is 1.38. The molecule has 2 aromatic heterocycles. The van der Waals surface area contributed by atoms with Crippen LogP contribution in [0.15, 0.2) is 20.9 Å². The summed E-state index contributed by atoms with van der Waals surface area (Å²) in [6.07, 6.45) is 1.96. The second kappa shape index (κ2) is 5.84. The predicted molar refractivity (Wildman–Crippen MR) is 76.7 cm³/mol. The summed E-state index contributed by atoms with van der Waals surface area (Å²) in [5.41, 5.74) is 0. The molecule has 0 saturated carbocycles. The Morgan fingerprint density at radius 2 is 2.33 bits per heavy atom. The van der Waals surface area contributed by atoms with Gasteiger partial charge in [0, 0.05) is 17.9 Å². The number of rotatable bonds is 4. The van der Waals surface area contributed by atoms with Gasteiger partial charge in [0.15, 0.2) is 5.82 Å². The first kappa shape index (κ1) is 14.6. The van der Waals surface area contributed by atoms with Crippen molar-refractivity contribution >= 4 is 21.4 Å². The van der Waals surface area contributed by atoms with Crippen LogP contribution < -0.4 is 4.72 Å². The average Bonchev–Trinajstić information content (AvgIpc) is 3.17. The molecule has 1 aliphatic heterocycles. The summed E-state index contributed by atoms with van der Waals surface area (Å²) in [6, 6.07) is 1.53. The molecule has 1 fully saturated rings. The highest BCUT2D eigenvalue weighted by Gasteiger charge is 2.23. The molecule has 0 spiro atoms. The van der Waals surface area contributed by atoms with Crippen LogP contribution in [0.1, 0.15) is 24.6 Å². The third-order valence-electron chi connectivity index (χ3n) is 3.33. The van der Waals surface area contributed by atoms with Crippen molar-refractivity contribution in [2.45, 2.75) is 23.7 Å². The highest BCUT2D eigenvalue weighted by Crippen LogP contribution is 2.30. The minimum atomic E-state index is -3.45. The van der Waals surface area contributed by atoms with E-state index >= 15 is 0 Å². The molecule has 0 aromatic carbocycles. The van der Waals surface area contributed by atoms with Crippen molar-refractivity contribution in [2.24, 2.45) is 0 Å². The number of hydrogen-bond donors (Lipinski definition) is 1. The number of nitrogens with zero attached hydrogens (tertiary/aromatic N) is 2. The molecular weight excluding hydrogens is 314 g/mol. The molecule has 114 valence electrons. The van der Waals surface area contributed by atoms with Gasteiger partial charge in [0.2, 0.25) is 10.0 Å². The molecule has 3 heterocycles. The molecule has 0 radical (unpaired) electrons. The van der Waals surface area contributed by atoms with E-state index in [1.807, 2.05) is 0 Å². The highest BCUT2D eigenvalue weighted by molar-refractivity contribution is 7.89. The second-order valence-corrected chi connectivity index (χ2v) is 7.52. The molecule has 2 aromatic rings. The fourth-order valence-corrected chi connectivity index (χ4v) is 4.06. The standard InChI is InChI=1S/C12H15N3O4S2/c1-13-21(16,17)9-5-10(20-7-9)12-14-11(15-19-12)8-3-2-4-18-6-8/h5,7-8,13H,2-4,6H2,1H3/t8-/m0/s1. The quantitative estimate of drug-likeness (QED) is 0.915. The monoisotopic (exact) mass is 329 g/mol. The van der Waals surface area contributed by atoms with E-state index in [1.165, 1.54) is 24.5 Å². The molecule has 7 nitrogen and oxygen atoms in total. The Kier molecular flexibility index (Phi) is 4.07. The Hall–Kier alpha value is -1.29. The number of ether oxygens (including phenoxy) is 1. The van der Waals surface area contributed by atoms with Crippen molar-refractivity contribution in [1.29, 1.82) is 0 Å². The van der Waals surface area contributed by atoms with Gasteiger partial charge in [-0.1, -0.05) is 5.16 Å². The van der Waals surface area contributed by atoms with E-state index in [-0.39, 0.29) is 10.8 Å². The lowest BCUT2D eigenvalue weighted by Gasteiger charge is -2.18. The molecule has 0 bridgehead atoms. The molecule has 21 heavy (non-hydrogen) atoms. The van der Waals surface area contributed by atoms with Gasteiger partial charge in [-0.05, 0) is 26.0 Å². The van der Waals surface area contributed by atoms with Crippen molar-refractivity contribution in [2.75, 3.05) is 20.3 Å². The number of aromatic nitrogens is 2. The van der Waals surface area contributed by atoms with E-state index in [9.17, 15) is 8.42 Å². The van der Waals surface area contributed by atoms with Crippen LogP contribution in [0.4, 0.5) is 0 Å². The Balaban J connectivity index is 1.83. The third-order valence-corrected chi connectivity index (χ3v) is 5.79. The maximum absolute atomic E-state index is 11.7. The van der Waals surface area contributed by atoms with Gasteiger partial charge in [-0.25, -0.2) is 13.1 Å². The minimum Gasteiger partial charge on any atom is -0.381 e. The fraction of sp³-hybridized carbons (Fsp3) is 0.500. The molecular formula is C12H15N3O4S2. The lowest BCUT2D eigenvalue weighted by Crippen LogP contribution is -2.17. The fourth-order valence-electron chi connectivity index (χ4n) is 2.13. The molecule has 1 aliphatic rings. The number of sulfonamides is 1. The first-order chi connectivity index (χ1) is 10.1. The lowest BCUT2D eigenvalue weighted by molar-refractivity contribution is 0.0773. The molecule has 3 rings (SSSR count). The topological polar surface area (TPSA) is 94.3 Å². The summed E-state index contributed by atoms with van der Waals surface area (Å²) >= 11 is 1.26. The van der Waals surface area contributed by atoms with Gasteiger partial charge in [0.1, 0.15) is 0 Å². The zero-order valence-corrected chi connectivity index (χ0v) is 13.0. The van der Waals surface area contributed by atoms with Crippen LogP contribution in [0.2, 0.25) is 0 Å². The summed E-state index contributed by atoms with van der Waals surface area (Å²) < 4.78 is 36.3. The Bertz CT molecular complexity index is 716. The maximum atomic E-state index is 11.7. The third kappa shape index (κ3) is 3.00. The number of nitrogens with one attached hydrogen (secondary N) is 1. The Labute approximate surface area is 126 Å². The molecule has 1 saturated heterocycles. The SMILES string of the molecule is CNS(=O)(=O)c1csc(-c2nc([C@H]3CCCOC3)no2)c1. The van der Waals surface area contributed by atoms with E-state index in [0.717, 1.165) is 19.4 Å². The van der Waals surface area contributed by atoms with Gasteiger partial charge < -0.3 is 9.26 Å². The summed E-state index contributed by atoms with van der Waals surface area (Å²) in [5, 5.41) is 5.53. The summed E-state index contributed by atoms with van der Waals surface area (Å²) in [5.74, 6) is 1.12. The Morgan fingerprint density at radius 1 is 1.48 bits per heavy atom. The van der Waals surface area contributed by atoms with Crippen LogP contribution in [0, 0.1) is 0 Å². The van der Waals surface area contributed by atoms with E-state index in [1.54, 1.807) is 5.38 Å². The van der Waals surface area contributed by atoms with Crippen molar-refractivity contribution in [3.05, 3.63) is 17.3 Å². The largest absolute Gasteiger partial charge is 0.381 e. The van der Waals surface area contributed by atoms with Gasteiger partial charge in [0.05, 0.1) is 16.4 Å². The summed E-state index contributed by atoms with van der Waals surface area (Å²) in [7, 11) is -2.07. The molecule has 9 heteroatoms. The highest BCUT2D eigenvalue weighted by atomic mass is 32.2. The van der Waals surface area contributed by atoms with Crippen molar-refractivity contribution in [3.63, 3.8) is 0 Å². The second-order valence-electron chi connectivity index (χ2n) is 4.73. The van der Waals surface area contributed by atoms with E-state index in [0.29, 0.717) is 23.2 Å². The first-order valence-corrected chi connectivity index (χ1v) is 8.90. The van der Waals surface area contributed by atoms with Gasteiger partial charge in [-0.15, -0.1) is 11.3 Å². The van der Waals surface area contributed by atoms with Crippen LogP contribution in [0.25, 0.3) is 10.8 Å². The molecule has 1 atom stereocenters. The van der Waals surface area contributed by atoms with Crippen molar-refractivity contribution < 1.29 is 17.7 Å². The zero-order valence-electron chi connectivity index (χ0n) is 11.4. The van der Waals surface area contributed by atoms with Crippen LogP contribution in [-0.4, -0.2) is 38.8 Å². The van der Waals surface area contributed by atoms with Gasteiger partial charge in [0.25, 0.3) is 5.89 Å². The van der Waals surface area contributed by atoms with Crippen molar-refractivity contribution in [1.82, 2.24) is 14.9 Å². The van der Waals surface area contributed by atoms with Crippen LogP contribution >= 0.6 is 11.3 Å².